The number of anilines is 2. The maximum absolute atomic E-state index is 11.9. The smallest absolute Gasteiger partial charge is 0.251 e. The van der Waals surface area contributed by atoms with E-state index >= 15 is 0 Å². The second-order valence-corrected chi connectivity index (χ2v) is 5.08. The van der Waals surface area contributed by atoms with Crippen molar-refractivity contribution in [3.8, 4) is 0 Å². The van der Waals surface area contributed by atoms with Crippen LogP contribution in [0, 0.1) is 0 Å². The van der Waals surface area contributed by atoms with Gasteiger partial charge >= 0.3 is 0 Å². The van der Waals surface area contributed by atoms with Crippen LogP contribution >= 0.6 is 0 Å². The fraction of sp³-hybridized carbons (Fsp3) is 0.533. The number of benzene rings is 1. The van der Waals surface area contributed by atoms with Crippen molar-refractivity contribution in [1.29, 1.82) is 0 Å². The van der Waals surface area contributed by atoms with E-state index in [1.165, 1.54) is 19.3 Å². The van der Waals surface area contributed by atoms with Crippen molar-refractivity contribution in [1.82, 2.24) is 5.32 Å². The predicted molar refractivity (Wildman–Crippen MR) is 79.5 cm³/mol. The van der Waals surface area contributed by atoms with Crippen LogP contribution in [0.1, 0.15) is 43.0 Å². The van der Waals surface area contributed by atoms with E-state index in [0.717, 1.165) is 25.2 Å². The summed E-state index contributed by atoms with van der Waals surface area (Å²) >= 11 is 0. The number of hydrogen-bond acceptors (Lipinski definition) is 3. The Labute approximate surface area is 115 Å². The summed E-state index contributed by atoms with van der Waals surface area (Å²) in [4.78, 5) is 14.2. The Bertz CT molecular complexity index is 439. The first-order valence-electron chi connectivity index (χ1n) is 7.15. The fourth-order valence-electron chi connectivity index (χ4n) is 2.46. The number of carbonyl (C=O) groups excluding carboxylic acids is 1. The fourth-order valence-corrected chi connectivity index (χ4v) is 2.46. The van der Waals surface area contributed by atoms with E-state index in [1.54, 1.807) is 6.07 Å². The lowest BCUT2D eigenvalue weighted by atomic mass is 10.1. The van der Waals surface area contributed by atoms with Crippen LogP contribution < -0.4 is 16.0 Å². The lowest BCUT2D eigenvalue weighted by Crippen LogP contribution is -2.30. The molecule has 104 valence electrons. The van der Waals surface area contributed by atoms with E-state index < -0.39 is 0 Å². The third-order valence-electron chi connectivity index (χ3n) is 3.52. The van der Waals surface area contributed by atoms with Gasteiger partial charge in [-0.05, 0) is 43.9 Å². The number of rotatable bonds is 4. The maximum Gasteiger partial charge on any atom is 0.251 e. The first-order valence-corrected chi connectivity index (χ1v) is 7.15. The highest BCUT2D eigenvalue weighted by Crippen LogP contribution is 2.27. The van der Waals surface area contributed by atoms with Crippen LogP contribution in [0.25, 0.3) is 0 Å². The standard InChI is InChI=1S/C15H23N3O/c1-2-8-17-15(19)12-6-7-14(13(16)11-12)18-9-4-3-5-10-18/h6-7,11H,2-5,8-10,16H2,1H3,(H,17,19). The van der Waals surface area contributed by atoms with Crippen LogP contribution in [0.2, 0.25) is 0 Å². The SMILES string of the molecule is CCCNC(=O)c1ccc(N2CCCCC2)c(N)c1. The summed E-state index contributed by atoms with van der Waals surface area (Å²) in [6.45, 7) is 4.86. The van der Waals surface area contributed by atoms with Gasteiger partial charge in [0.1, 0.15) is 0 Å². The van der Waals surface area contributed by atoms with Crippen LogP contribution in [0.4, 0.5) is 11.4 Å². The van der Waals surface area contributed by atoms with Crippen LogP contribution in [-0.2, 0) is 0 Å². The molecule has 1 fully saturated rings. The van der Waals surface area contributed by atoms with Gasteiger partial charge < -0.3 is 16.0 Å². The van der Waals surface area contributed by atoms with Gasteiger partial charge in [-0.15, -0.1) is 0 Å². The number of nitrogen functional groups attached to an aromatic ring is 1. The number of piperidine rings is 1. The Morgan fingerprint density at radius 1 is 1.32 bits per heavy atom. The molecule has 1 aromatic carbocycles. The summed E-state index contributed by atoms with van der Waals surface area (Å²) in [6.07, 6.45) is 4.68. The molecule has 0 radical (unpaired) electrons. The van der Waals surface area contributed by atoms with Crippen molar-refractivity contribution < 1.29 is 4.79 Å². The zero-order chi connectivity index (χ0) is 13.7. The molecule has 0 aromatic heterocycles. The lowest BCUT2D eigenvalue weighted by Gasteiger charge is -2.30. The lowest BCUT2D eigenvalue weighted by molar-refractivity contribution is 0.0953. The van der Waals surface area contributed by atoms with Gasteiger partial charge in [0, 0.05) is 25.2 Å². The van der Waals surface area contributed by atoms with Gasteiger partial charge in [0.25, 0.3) is 5.91 Å². The van der Waals surface area contributed by atoms with Crippen molar-refractivity contribution in [3.63, 3.8) is 0 Å². The Morgan fingerprint density at radius 2 is 2.05 bits per heavy atom. The van der Waals surface area contributed by atoms with Crippen LogP contribution in [-0.4, -0.2) is 25.5 Å². The summed E-state index contributed by atoms with van der Waals surface area (Å²) < 4.78 is 0. The molecule has 0 aliphatic carbocycles. The first-order chi connectivity index (χ1) is 9.22. The van der Waals surface area contributed by atoms with Crippen molar-refractivity contribution in [2.75, 3.05) is 30.3 Å². The molecule has 0 bridgehead atoms. The summed E-state index contributed by atoms with van der Waals surface area (Å²) in [5, 5.41) is 2.87. The highest BCUT2D eigenvalue weighted by Gasteiger charge is 2.15. The van der Waals surface area contributed by atoms with Gasteiger partial charge in [-0.25, -0.2) is 0 Å². The third kappa shape index (κ3) is 3.40. The molecular weight excluding hydrogens is 238 g/mol. The molecule has 1 aliphatic heterocycles. The Hall–Kier alpha value is -1.71. The molecule has 2 rings (SSSR count). The highest BCUT2D eigenvalue weighted by molar-refractivity contribution is 5.96. The number of hydrogen-bond donors (Lipinski definition) is 2. The van der Waals surface area contributed by atoms with E-state index in [1.807, 2.05) is 19.1 Å². The molecule has 1 amide bonds. The highest BCUT2D eigenvalue weighted by atomic mass is 16.1. The zero-order valence-electron chi connectivity index (χ0n) is 11.6. The normalized spacial score (nSPS) is 15.3. The average molecular weight is 261 g/mol. The van der Waals surface area contributed by atoms with E-state index in [0.29, 0.717) is 17.8 Å². The third-order valence-corrected chi connectivity index (χ3v) is 3.52. The summed E-state index contributed by atoms with van der Waals surface area (Å²) in [5.74, 6) is -0.0428. The maximum atomic E-state index is 11.9. The first kappa shape index (κ1) is 13.7. The molecule has 1 heterocycles. The van der Waals surface area contributed by atoms with Crippen molar-refractivity contribution in [3.05, 3.63) is 23.8 Å². The molecule has 0 atom stereocenters. The molecule has 1 saturated heterocycles. The van der Waals surface area contributed by atoms with E-state index in [-0.39, 0.29) is 5.91 Å². The number of nitrogens with zero attached hydrogens (tertiary/aromatic N) is 1. The molecule has 1 aliphatic rings. The molecule has 1 aromatic rings. The molecular formula is C15H23N3O. The summed E-state index contributed by atoms with van der Waals surface area (Å²) in [6, 6.07) is 5.63. The second-order valence-electron chi connectivity index (χ2n) is 5.08. The molecule has 4 nitrogen and oxygen atoms in total. The minimum Gasteiger partial charge on any atom is -0.397 e. The summed E-state index contributed by atoms with van der Waals surface area (Å²) in [7, 11) is 0. The average Bonchev–Trinajstić information content (AvgIpc) is 2.45. The number of amides is 1. The van der Waals surface area contributed by atoms with Crippen molar-refractivity contribution in [2.24, 2.45) is 0 Å². The molecule has 0 unspecified atom stereocenters. The van der Waals surface area contributed by atoms with Gasteiger partial charge in [-0.3, -0.25) is 4.79 Å². The van der Waals surface area contributed by atoms with Crippen molar-refractivity contribution in [2.45, 2.75) is 32.6 Å². The predicted octanol–water partition coefficient (Wildman–Crippen LogP) is 2.40. The van der Waals surface area contributed by atoms with Gasteiger partial charge in [-0.2, -0.15) is 0 Å². The Morgan fingerprint density at radius 3 is 2.68 bits per heavy atom. The van der Waals surface area contributed by atoms with Gasteiger partial charge in [0.2, 0.25) is 0 Å². The van der Waals surface area contributed by atoms with Gasteiger partial charge in [0.05, 0.1) is 11.4 Å². The topological polar surface area (TPSA) is 58.4 Å². The van der Waals surface area contributed by atoms with Gasteiger partial charge in [-0.1, -0.05) is 6.92 Å². The quantitative estimate of drug-likeness (QED) is 0.818. The minimum atomic E-state index is -0.0428. The van der Waals surface area contributed by atoms with E-state index in [4.69, 9.17) is 5.73 Å². The van der Waals surface area contributed by atoms with Gasteiger partial charge in [0.15, 0.2) is 0 Å². The second kappa shape index (κ2) is 6.45. The van der Waals surface area contributed by atoms with E-state index in [9.17, 15) is 4.79 Å². The largest absolute Gasteiger partial charge is 0.397 e. The molecule has 19 heavy (non-hydrogen) atoms. The summed E-state index contributed by atoms with van der Waals surface area (Å²) in [5.41, 5.74) is 8.50. The zero-order valence-corrected chi connectivity index (χ0v) is 11.6. The van der Waals surface area contributed by atoms with Crippen LogP contribution in [0.3, 0.4) is 0 Å². The molecule has 4 heteroatoms. The number of nitrogens with one attached hydrogen (secondary N) is 1. The number of nitrogens with two attached hydrogens (primary N) is 1. The molecule has 0 saturated carbocycles. The Balaban J connectivity index is 2.10. The molecule has 0 spiro atoms. The van der Waals surface area contributed by atoms with Crippen LogP contribution in [0.5, 0.6) is 0 Å². The Kier molecular flexibility index (Phi) is 4.66. The monoisotopic (exact) mass is 261 g/mol. The van der Waals surface area contributed by atoms with E-state index in [2.05, 4.69) is 10.2 Å². The molecule has 3 N–H and O–H groups in total. The number of carbonyl (C=O) groups is 1. The minimum absolute atomic E-state index is 0.0428. The van der Waals surface area contributed by atoms with Crippen LogP contribution in [0.15, 0.2) is 18.2 Å². The van der Waals surface area contributed by atoms with Crippen molar-refractivity contribution >= 4 is 17.3 Å².